The van der Waals surface area contributed by atoms with Gasteiger partial charge in [0.1, 0.15) is 5.78 Å². The molecule has 1 fully saturated rings. The van der Waals surface area contributed by atoms with Gasteiger partial charge in [-0.3, -0.25) is 9.36 Å². The number of ketones is 1. The summed E-state index contributed by atoms with van der Waals surface area (Å²) >= 11 is 1.61. The monoisotopic (exact) mass is 300 g/mol. The molecule has 1 saturated carbocycles. The zero-order valence-electron chi connectivity index (χ0n) is 12.5. The van der Waals surface area contributed by atoms with Crippen LogP contribution in [0.3, 0.4) is 0 Å². The van der Waals surface area contributed by atoms with Gasteiger partial charge < -0.3 is 0 Å². The third kappa shape index (κ3) is 3.05. The predicted molar refractivity (Wildman–Crippen MR) is 86.2 cm³/mol. The quantitative estimate of drug-likeness (QED) is 0.856. The minimum atomic E-state index is 0.0754. The lowest BCUT2D eigenvalue weighted by Gasteiger charge is -2.20. The van der Waals surface area contributed by atoms with E-state index in [0.717, 1.165) is 36.5 Å². The Hall–Kier alpha value is -1.55. The molecule has 4 heteroatoms. The molecular weight excluding hydrogens is 280 g/mol. The molecule has 3 nitrogen and oxygen atoms in total. The average molecular weight is 300 g/mol. The van der Waals surface area contributed by atoms with Crippen LogP contribution in [-0.2, 0) is 4.79 Å². The Bertz CT molecular complexity index is 663. The number of rotatable bonds is 3. The van der Waals surface area contributed by atoms with Gasteiger partial charge in [0.05, 0.1) is 5.25 Å². The standard InChI is InChI=1S/C17H20N2OS/c1-12-7-8-14(11-13(12)2)19-10-9-18-17(19)21-16-6-4-3-5-15(16)20/h7-11,16H,3-6H2,1-2H3/t16-/m0/s1. The lowest BCUT2D eigenvalue weighted by molar-refractivity contribution is -0.119. The lowest BCUT2D eigenvalue weighted by atomic mass is 9.99. The fourth-order valence-corrected chi connectivity index (χ4v) is 3.84. The fourth-order valence-electron chi connectivity index (χ4n) is 2.65. The van der Waals surface area contributed by atoms with Crippen LogP contribution in [0.5, 0.6) is 0 Å². The molecule has 1 aliphatic rings. The van der Waals surface area contributed by atoms with E-state index in [0.29, 0.717) is 5.78 Å². The summed E-state index contributed by atoms with van der Waals surface area (Å²) in [5.41, 5.74) is 3.67. The number of carbonyl (C=O) groups is 1. The first-order chi connectivity index (χ1) is 10.1. The van der Waals surface area contributed by atoms with Crippen molar-refractivity contribution in [3.05, 3.63) is 41.7 Å². The third-order valence-electron chi connectivity index (χ3n) is 4.12. The Labute approximate surface area is 129 Å². The second-order valence-corrected chi connectivity index (χ2v) is 6.84. The maximum atomic E-state index is 12.0. The van der Waals surface area contributed by atoms with Gasteiger partial charge in [0.15, 0.2) is 5.16 Å². The smallest absolute Gasteiger partial charge is 0.173 e. The number of imidazole rings is 1. The molecule has 0 N–H and O–H groups in total. The summed E-state index contributed by atoms with van der Waals surface area (Å²) in [7, 11) is 0. The summed E-state index contributed by atoms with van der Waals surface area (Å²) in [6.45, 7) is 4.23. The highest BCUT2D eigenvalue weighted by molar-refractivity contribution is 8.00. The molecule has 1 aromatic carbocycles. The molecule has 1 heterocycles. The van der Waals surface area contributed by atoms with Crippen molar-refractivity contribution in [1.82, 2.24) is 9.55 Å². The van der Waals surface area contributed by atoms with Crippen molar-refractivity contribution in [3.8, 4) is 5.69 Å². The molecule has 110 valence electrons. The van der Waals surface area contributed by atoms with E-state index in [9.17, 15) is 4.79 Å². The molecule has 21 heavy (non-hydrogen) atoms. The van der Waals surface area contributed by atoms with E-state index in [1.807, 2.05) is 12.4 Å². The summed E-state index contributed by atoms with van der Waals surface area (Å²) < 4.78 is 2.08. The summed E-state index contributed by atoms with van der Waals surface area (Å²) in [6.07, 6.45) is 7.67. The molecule has 1 aromatic heterocycles. The van der Waals surface area contributed by atoms with Gasteiger partial charge >= 0.3 is 0 Å². The molecule has 0 spiro atoms. The summed E-state index contributed by atoms with van der Waals surface area (Å²) in [4.78, 5) is 16.5. The zero-order chi connectivity index (χ0) is 14.8. The molecule has 2 aromatic rings. The van der Waals surface area contributed by atoms with Gasteiger partial charge in [-0.2, -0.15) is 0 Å². The maximum absolute atomic E-state index is 12.0. The number of aromatic nitrogens is 2. The van der Waals surface area contributed by atoms with Crippen molar-refractivity contribution >= 4 is 17.5 Å². The molecule has 0 radical (unpaired) electrons. The van der Waals surface area contributed by atoms with Crippen LogP contribution >= 0.6 is 11.8 Å². The number of hydrogen-bond donors (Lipinski definition) is 0. The van der Waals surface area contributed by atoms with Crippen molar-refractivity contribution in [2.45, 2.75) is 49.9 Å². The van der Waals surface area contributed by atoms with E-state index < -0.39 is 0 Å². The number of aryl methyl sites for hydroxylation is 2. The molecule has 1 aliphatic carbocycles. The SMILES string of the molecule is Cc1ccc(-n2ccnc2S[C@H]2CCCCC2=O)cc1C. The highest BCUT2D eigenvalue weighted by Crippen LogP contribution is 2.32. The van der Waals surface area contributed by atoms with Crippen LogP contribution in [0.15, 0.2) is 35.7 Å². The minimum absolute atomic E-state index is 0.0754. The largest absolute Gasteiger partial charge is 0.298 e. The average Bonchev–Trinajstić information content (AvgIpc) is 2.93. The highest BCUT2D eigenvalue weighted by atomic mass is 32.2. The summed E-state index contributed by atoms with van der Waals surface area (Å²) in [6, 6.07) is 6.41. The minimum Gasteiger partial charge on any atom is -0.298 e. The van der Waals surface area contributed by atoms with Crippen molar-refractivity contribution < 1.29 is 4.79 Å². The number of Topliss-reactive ketones (excluding diaryl/α,β-unsaturated/α-hetero) is 1. The molecule has 1 atom stereocenters. The van der Waals surface area contributed by atoms with Crippen LogP contribution in [0.4, 0.5) is 0 Å². The Balaban J connectivity index is 1.86. The Morgan fingerprint density at radius 2 is 2.10 bits per heavy atom. The van der Waals surface area contributed by atoms with Crippen molar-refractivity contribution in [2.24, 2.45) is 0 Å². The number of nitrogens with zero attached hydrogens (tertiary/aromatic N) is 2. The van der Waals surface area contributed by atoms with Crippen LogP contribution < -0.4 is 0 Å². The van der Waals surface area contributed by atoms with Crippen LogP contribution in [0.2, 0.25) is 0 Å². The third-order valence-corrected chi connectivity index (χ3v) is 5.42. The van der Waals surface area contributed by atoms with Gasteiger partial charge in [-0.05, 0) is 49.9 Å². The van der Waals surface area contributed by atoms with E-state index in [2.05, 4.69) is 41.6 Å². The topological polar surface area (TPSA) is 34.9 Å². The van der Waals surface area contributed by atoms with Crippen LogP contribution in [-0.4, -0.2) is 20.6 Å². The lowest BCUT2D eigenvalue weighted by Crippen LogP contribution is -2.21. The van der Waals surface area contributed by atoms with Crippen LogP contribution in [0.1, 0.15) is 36.8 Å². The molecule has 3 rings (SSSR count). The second kappa shape index (κ2) is 6.06. The van der Waals surface area contributed by atoms with E-state index in [4.69, 9.17) is 0 Å². The van der Waals surface area contributed by atoms with Gasteiger partial charge in [0, 0.05) is 24.5 Å². The molecule has 0 saturated heterocycles. The van der Waals surface area contributed by atoms with Crippen LogP contribution in [0.25, 0.3) is 5.69 Å². The summed E-state index contributed by atoms with van der Waals surface area (Å²) in [5, 5.41) is 0.991. The molecule has 0 aliphatic heterocycles. The van der Waals surface area contributed by atoms with Crippen LogP contribution in [0, 0.1) is 13.8 Å². The van der Waals surface area contributed by atoms with E-state index in [-0.39, 0.29) is 5.25 Å². The van der Waals surface area contributed by atoms with Crippen molar-refractivity contribution in [1.29, 1.82) is 0 Å². The first-order valence-corrected chi connectivity index (χ1v) is 8.33. The molecule has 0 bridgehead atoms. The van der Waals surface area contributed by atoms with E-state index >= 15 is 0 Å². The first-order valence-electron chi connectivity index (χ1n) is 7.45. The Morgan fingerprint density at radius 1 is 1.24 bits per heavy atom. The second-order valence-electron chi connectivity index (χ2n) is 5.67. The van der Waals surface area contributed by atoms with Gasteiger partial charge in [0.25, 0.3) is 0 Å². The normalized spacial score (nSPS) is 19.0. The summed E-state index contributed by atoms with van der Waals surface area (Å²) in [5.74, 6) is 0.376. The number of hydrogen-bond acceptors (Lipinski definition) is 3. The van der Waals surface area contributed by atoms with Crippen molar-refractivity contribution in [2.75, 3.05) is 0 Å². The van der Waals surface area contributed by atoms with E-state index in [1.165, 1.54) is 11.1 Å². The van der Waals surface area contributed by atoms with E-state index in [1.54, 1.807) is 11.8 Å². The van der Waals surface area contributed by atoms with Crippen molar-refractivity contribution in [3.63, 3.8) is 0 Å². The van der Waals surface area contributed by atoms with Gasteiger partial charge in [-0.15, -0.1) is 0 Å². The number of carbonyl (C=O) groups excluding carboxylic acids is 1. The predicted octanol–water partition coefficient (Wildman–Crippen LogP) is 4.09. The number of thioether (sulfide) groups is 1. The molecule has 0 unspecified atom stereocenters. The molecular formula is C17H20N2OS. The number of benzene rings is 1. The zero-order valence-corrected chi connectivity index (χ0v) is 13.3. The van der Waals surface area contributed by atoms with Gasteiger partial charge in [0.2, 0.25) is 0 Å². The Morgan fingerprint density at radius 3 is 2.86 bits per heavy atom. The van der Waals surface area contributed by atoms with Gasteiger partial charge in [-0.1, -0.05) is 24.2 Å². The van der Waals surface area contributed by atoms with Gasteiger partial charge in [-0.25, -0.2) is 4.98 Å². The first kappa shape index (κ1) is 14.4. The highest BCUT2D eigenvalue weighted by Gasteiger charge is 2.25. The maximum Gasteiger partial charge on any atom is 0.173 e. The molecule has 0 amide bonds. The Kier molecular flexibility index (Phi) is 4.15. The fraction of sp³-hybridized carbons (Fsp3) is 0.412.